The van der Waals surface area contributed by atoms with Crippen LogP contribution in [-0.4, -0.2) is 69.9 Å². The molecule has 1 aliphatic rings. The summed E-state index contributed by atoms with van der Waals surface area (Å²) >= 11 is 5.82. The maximum Gasteiger partial charge on any atom is 0.262 e. The molecule has 1 aliphatic heterocycles. The highest BCUT2D eigenvalue weighted by molar-refractivity contribution is 7.91. The SMILES string of the molecule is COCCCn1c(=O)c2ccccc2n2c(=S)n(CN(CC(C)C)C3CCS(=O)(=O)C3)nc12. The van der Waals surface area contributed by atoms with E-state index in [1.165, 1.54) is 0 Å². The molecule has 33 heavy (non-hydrogen) atoms. The molecule has 3 heterocycles. The Bertz CT molecular complexity index is 1370. The van der Waals surface area contributed by atoms with E-state index < -0.39 is 9.84 Å². The lowest BCUT2D eigenvalue weighted by atomic mass is 10.1. The molecule has 0 amide bonds. The first-order valence-corrected chi connectivity index (χ1v) is 13.5. The van der Waals surface area contributed by atoms with Gasteiger partial charge in [0.25, 0.3) is 5.56 Å². The van der Waals surface area contributed by atoms with Crippen LogP contribution in [-0.2, 0) is 27.8 Å². The summed E-state index contributed by atoms with van der Waals surface area (Å²) in [4.78, 5) is 15.4. The summed E-state index contributed by atoms with van der Waals surface area (Å²) in [5, 5.41) is 5.35. The van der Waals surface area contributed by atoms with Gasteiger partial charge in [0, 0.05) is 32.8 Å². The second kappa shape index (κ2) is 9.65. The second-order valence-corrected chi connectivity index (χ2v) is 11.7. The van der Waals surface area contributed by atoms with Crippen molar-refractivity contribution in [2.24, 2.45) is 5.92 Å². The third-order valence-corrected chi connectivity index (χ3v) is 8.20. The van der Waals surface area contributed by atoms with Crippen molar-refractivity contribution in [3.63, 3.8) is 0 Å². The first kappa shape index (κ1) is 24.1. The van der Waals surface area contributed by atoms with Crippen molar-refractivity contribution in [1.29, 1.82) is 0 Å². The van der Waals surface area contributed by atoms with Crippen LogP contribution in [0, 0.1) is 10.7 Å². The fourth-order valence-corrected chi connectivity index (χ4v) is 6.60. The van der Waals surface area contributed by atoms with Crippen molar-refractivity contribution in [3.05, 3.63) is 39.4 Å². The molecule has 11 heteroatoms. The molecule has 0 saturated carbocycles. The zero-order valence-electron chi connectivity index (χ0n) is 19.3. The van der Waals surface area contributed by atoms with Crippen LogP contribution < -0.4 is 5.56 Å². The lowest BCUT2D eigenvalue weighted by molar-refractivity contribution is 0.137. The van der Waals surface area contributed by atoms with Gasteiger partial charge in [-0.25, -0.2) is 13.1 Å². The van der Waals surface area contributed by atoms with Gasteiger partial charge in [0.15, 0.2) is 9.84 Å². The molecular formula is C22H31N5O4S2. The summed E-state index contributed by atoms with van der Waals surface area (Å²) in [6.07, 6.45) is 1.28. The van der Waals surface area contributed by atoms with E-state index in [1.54, 1.807) is 22.4 Å². The molecule has 0 N–H and O–H groups in total. The lowest BCUT2D eigenvalue weighted by Crippen LogP contribution is -2.40. The first-order chi connectivity index (χ1) is 15.7. The predicted molar refractivity (Wildman–Crippen MR) is 131 cm³/mol. The highest BCUT2D eigenvalue weighted by Crippen LogP contribution is 2.21. The van der Waals surface area contributed by atoms with E-state index in [4.69, 9.17) is 22.1 Å². The fourth-order valence-electron chi connectivity index (χ4n) is 4.55. The minimum Gasteiger partial charge on any atom is -0.385 e. The zero-order valence-corrected chi connectivity index (χ0v) is 20.9. The van der Waals surface area contributed by atoms with E-state index in [0.29, 0.717) is 54.5 Å². The van der Waals surface area contributed by atoms with Gasteiger partial charge in [-0.15, -0.1) is 5.10 Å². The molecule has 4 rings (SSSR count). The van der Waals surface area contributed by atoms with Gasteiger partial charge < -0.3 is 4.74 Å². The van der Waals surface area contributed by atoms with Gasteiger partial charge in [0.05, 0.1) is 29.1 Å². The van der Waals surface area contributed by atoms with Crippen LogP contribution >= 0.6 is 12.2 Å². The Labute approximate surface area is 198 Å². The maximum absolute atomic E-state index is 13.3. The number of ether oxygens (including phenoxy) is 1. The Morgan fingerprint density at radius 3 is 2.73 bits per heavy atom. The van der Waals surface area contributed by atoms with Crippen LogP contribution in [0.5, 0.6) is 0 Å². The molecule has 0 aliphatic carbocycles. The molecule has 1 fully saturated rings. The molecule has 1 aromatic carbocycles. The molecule has 9 nitrogen and oxygen atoms in total. The third kappa shape index (κ3) is 4.91. The molecule has 0 spiro atoms. The summed E-state index contributed by atoms with van der Waals surface area (Å²) in [5.74, 6) is 1.22. The number of aromatic nitrogens is 4. The summed E-state index contributed by atoms with van der Waals surface area (Å²) in [6.45, 7) is 6.33. The van der Waals surface area contributed by atoms with Gasteiger partial charge in [-0.2, -0.15) is 0 Å². The van der Waals surface area contributed by atoms with Gasteiger partial charge in [0.2, 0.25) is 10.5 Å². The molecule has 2 aromatic heterocycles. The van der Waals surface area contributed by atoms with Gasteiger partial charge >= 0.3 is 0 Å². The van der Waals surface area contributed by atoms with Crippen LogP contribution in [0.1, 0.15) is 26.7 Å². The van der Waals surface area contributed by atoms with Crippen molar-refractivity contribution in [2.75, 3.05) is 31.8 Å². The Balaban J connectivity index is 1.82. The number of methoxy groups -OCH3 is 1. The van der Waals surface area contributed by atoms with Crippen LogP contribution in [0.15, 0.2) is 29.1 Å². The number of para-hydroxylation sites is 1. The molecule has 1 unspecified atom stereocenters. The molecule has 180 valence electrons. The van der Waals surface area contributed by atoms with Crippen molar-refractivity contribution in [1.82, 2.24) is 23.6 Å². The highest BCUT2D eigenvalue weighted by Gasteiger charge is 2.33. The smallest absolute Gasteiger partial charge is 0.262 e. The van der Waals surface area contributed by atoms with E-state index in [1.807, 2.05) is 22.6 Å². The van der Waals surface area contributed by atoms with E-state index in [2.05, 4.69) is 18.7 Å². The van der Waals surface area contributed by atoms with E-state index in [9.17, 15) is 13.2 Å². The molecule has 1 atom stereocenters. The van der Waals surface area contributed by atoms with Gasteiger partial charge in [-0.3, -0.25) is 18.7 Å². The van der Waals surface area contributed by atoms with Crippen molar-refractivity contribution >= 4 is 38.7 Å². The van der Waals surface area contributed by atoms with E-state index >= 15 is 0 Å². The van der Waals surface area contributed by atoms with Crippen LogP contribution in [0.2, 0.25) is 0 Å². The number of benzene rings is 1. The van der Waals surface area contributed by atoms with Crippen molar-refractivity contribution < 1.29 is 13.2 Å². The van der Waals surface area contributed by atoms with E-state index in [-0.39, 0.29) is 23.1 Å². The van der Waals surface area contributed by atoms with Crippen molar-refractivity contribution in [3.8, 4) is 0 Å². The van der Waals surface area contributed by atoms with Crippen LogP contribution in [0.3, 0.4) is 0 Å². The minimum absolute atomic E-state index is 0.0650. The fraction of sp³-hybridized carbons (Fsp3) is 0.591. The molecule has 3 aromatic rings. The second-order valence-electron chi connectivity index (χ2n) is 9.10. The molecule has 0 radical (unpaired) electrons. The summed E-state index contributed by atoms with van der Waals surface area (Å²) < 4.78 is 35.1. The number of nitrogens with zero attached hydrogens (tertiary/aromatic N) is 5. The quantitative estimate of drug-likeness (QED) is 0.334. The standard InChI is InChI=1S/C22H31N5O4S2/c1-16(2)13-24(17-9-12-33(29,30)14-17)15-26-22(32)27-19-8-5-4-7-18(19)20(28)25(21(27)23-26)10-6-11-31-3/h4-5,7-8,16-17H,6,9-15H2,1-3H3. The number of hydrogen-bond donors (Lipinski definition) is 0. The Hall–Kier alpha value is -2.08. The average Bonchev–Trinajstić information content (AvgIpc) is 3.29. The molecule has 0 bridgehead atoms. The Morgan fingerprint density at radius 1 is 1.30 bits per heavy atom. The highest BCUT2D eigenvalue weighted by atomic mass is 32.2. The van der Waals surface area contributed by atoms with E-state index in [0.717, 1.165) is 12.1 Å². The Morgan fingerprint density at radius 2 is 2.06 bits per heavy atom. The third-order valence-electron chi connectivity index (χ3n) is 6.05. The molecular weight excluding hydrogens is 462 g/mol. The Kier molecular flexibility index (Phi) is 7.04. The number of rotatable bonds is 9. The predicted octanol–water partition coefficient (Wildman–Crippen LogP) is 2.32. The van der Waals surface area contributed by atoms with Crippen LogP contribution in [0.25, 0.3) is 16.7 Å². The minimum atomic E-state index is -3.02. The number of hydrogen-bond acceptors (Lipinski definition) is 7. The first-order valence-electron chi connectivity index (χ1n) is 11.3. The largest absolute Gasteiger partial charge is 0.385 e. The lowest BCUT2D eigenvalue weighted by Gasteiger charge is -2.29. The monoisotopic (exact) mass is 493 g/mol. The normalized spacial score (nSPS) is 18.3. The number of sulfone groups is 1. The summed E-state index contributed by atoms with van der Waals surface area (Å²) in [7, 11) is -1.38. The zero-order chi connectivity index (χ0) is 23.8. The number of fused-ring (bicyclic) bond motifs is 3. The van der Waals surface area contributed by atoms with Gasteiger partial charge in [-0.1, -0.05) is 26.0 Å². The van der Waals surface area contributed by atoms with Crippen molar-refractivity contribution in [2.45, 2.75) is 45.9 Å². The van der Waals surface area contributed by atoms with Gasteiger partial charge in [-0.05, 0) is 43.1 Å². The van der Waals surface area contributed by atoms with Gasteiger partial charge in [0.1, 0.15) is 0 Å². The maximum atomic E-state index is 13.3. The van der Waals surface area contributed by atoms with Crippen LogP contribution in [0.4, 0.5) is 0 Å². The average molecular weight is 494 g/mol. The number of aryl methyl sites for hydroxylation is 1. The molecule has 1 saturated heterocycles. The summed E-state index contributed by atoms with van der Waals surface area (Å²) in [6, 6.07) is 7.33. The summed E-state index contributed by atoms with van der Waals surface area (Å²) in [5.41, 5.74) is 0.609. The topological polar surface area (TPSA) is 90.8 Å².